The molecule has 0 saturated carbocycles. The maximum atomic E-state index is 11.4. The van der Waals surface area contributed by atoms with Crippen molar-refractivity contribution in [1.29, 1.82) is 0 Å². The number of hydrogen-bond donors (Lipinski definition) is 1. The topological polar surface area (TPSA) is 43.8 Å². The van der Waals surface area contributed by atoms with Crippen LogP contribution in [0.1, 0.15) is 61.8 Å². The molecule has 0 aliphatic carbocycles. The van der Waals surface area contributed by atoms with E-state index >= 15 is 0 Å². The summed E-state index contributed by atoms with van der Waals surface area (Å²) in [4.78, 5) is 15.5. The fourth-order valence-electron chi connectivity index (χ4n) is 3.71. The van der Waals surface area contributed by atoms with Crippen molar-refractivity contribution in [2.24, 2.45) is 0 Å². The van der Waals surface area contributed by atoms with Crippen LogP contribution in [0.2, 0.25) is 0 Å². The monoisotopic (exact) mass is 352 g/mol. The molecule has 24 heavy (non-hydrogen) atoms. The van der Waals surface area contributed by atoms with E-state index in [1.807, 2.05) is 4.90 Å². The number of hydrogen-bond acceptors (Lipinski definition) is 3. The molecule has 5 heteroatoms. The van der Waals surface area contributed by atoms with Gasteiger partial charge in [0.1, 0.15) is 0 Å². The summed E-state index contributed by atoms with van der Waals surface area (Å²) >= 11 is 6.21. The summed E-state index contributed by atoms with van der Waals surface area (Å²) in [6.45, 7) is 7.23. The average Bonchev–Trinajstić information content (AvgIpc) is 2.53. The van der Waals surface area contributed by atoms with Crippen LogP contribution in [0.25, 0.3) is 0 Å². The standard InChI is InChI=1S/C19H29ClN2O2/c1-12(2)14-11-17(21(4)5)13(3)10-15(14)16-8-6-7-9-22(16)18(20)19(23)24/h10-12,16,18H,6-9H2,1-5H3,(H,23,24). The predicted octanol–water partition coefficient (Wildman–Crippen LogP) is 4.36. The van der Waals surface area contributed by atoms with Crippen molar-refractivity contribution in [1.82, 2.24) is 4.90 Å². The van der Waals surface area contributed by atoms with Gasteiger partial charge in [0.05, 0.1) is 0 Å². The molecule has 1 aliphatic rings. The fourth-order valence-corrected chi connectivity index (χ4v) is 3.94. The van der Waals surface area contributed by atoms with Crippen LogP contribution in [0, 0.1) is 6.92 Å². The molecule has 0 spiro atoms. The number of alkyl halides is 1. The first-order valence-corrected chi connectivity index (χ1v) is 9.12. The molecule has 2 unspecified atom stereocenters. The minimum Gasteiger partial charge on any atom is -0.479 e. The van der Waals surface area contributed by atoms with Gasteiger partial charge in [-0.1, -0.05) is 37.9 Å². The lowest BCUT2D eigenvalue weighted by Crippen LogP contribution is -2.43. The highest BCUT2D eigenvalue weighted by molar-refractivity contribution is 6.29. The van der Waals surface area contributed by atoms with Gasteiger partial charge < -0.3 is 10.0 Å². The highest BCUT2D eigenvalue weighted by atomic mass is 35.5. The number of carboxylic acids is 1. The first-order valence-electron chi connectivity index (χ1n) is 8.68. The summed E-state index contributed by atoms with van der Waals surface area (Å²) in [6.07, 6.45) is 3.06. The molecule has 1 fully saturated rings. The average molecular weight is 353 g/mol. The third kappa shape index (κ3) is 3.86. The van der Waals surface area contributed by atoms with Crippen LogP contribution in [0.3, 0.4) is 0 Å². The lowest BCUT2D eigenvalue weighted by molar-refractivity contribution is -0.141. The Bertz CT molecular complexity index is 601. The highest BCUT2D eigenvalue weighted by Crippen LogP contribution is 2.39. The molecule has 1 aliphatic heterocycles. The quantitative estimate of drug-likeness (QED) is 0.631. The number of rotatable bonds is 5. The van der Waals surface area contributed by atoms with Crippen LogP contribution in [0.15, 0.2) is 12.1 Å². The summed E-state index contributed by atoms with van der Waals surface area (Å²) in [5.41, 5.74) is 3.98. The second-order valence-corrected chi connectivity index (χ2v) is 7.65. The van der Waals surface area contributed by atoms with Gasteiger partial charge in [0.25, 0.3) is 0 Å². The van der Waals surface area contributed by atoms with E-state index in [9.17, 15) is 9.90 Å². The fraction of sp³-hybridized carbons (Fsp3) is 0.632. The van der Waals surface area contributed by atoms with E-state index in [2.05, 4.69) is 51.9 Å². The van der Waals surface area contributed by atoms with Gasteiger partial charge in [-0.2, -0.15) is 0 Å². The molecular formula is C19H29ClN2O2. The Morgan fingerprint density at radius 1 is 1.33 bits per heavy atom. The molecule has 2 atom stereocenters. The maximum absolute atomic E-state index is 11.4. The van der Waals surface area contributed by atoms with E-state index in [4.69, 9.17) is 11.6 Å². The number of aryl methyl sites for hydroxylation is 1. The second-order valence-electron chi connectivity index (χ2n) is 7.24. The molecule has 1 aromatic carbocycles. The number of carbonyl (C=O) groups is 1. The Labute approximate surface area is 150 Å². The minimum atomic E-state index is -0.968. The van der Waals surface area contributed by atoms with Gasteiger partial charge in [0.2, 0.25) is 0 Å². The molecule has 1 aromatic rings. The van der Waals surface area contributed by atoms with Crippen molar-refractivity contribution < 1.29 is 9.90 Å². The van der Waals surface area contributed by atoms with Gasteiger partial charge in [-0.15, -0.1) is 0 Å². The van der Waals surface area contributed by atoms with Crippen molar-refractivity contribution >= 4 is 23.3 Å². The van der Waals surface area contributed by atoms with Gasteiger partial charge in [0, 0.05) is 32.4 Å². The zero-order valence-electron chi connectivity index (χ0n) is 15.3. The van der Waals surface area contributed by atoms with Crippen molar-refractivity contribution in [2.75, 3.05) is 25.5 Å². The molecule has 2 rings (SSSR count). The van der Waals surface area contributed by atoms with E-state index in [-0.39, 0.29) is 6.04 Å². The SMILES string of the molecule is Cc1cc(C2CCCCN2C(Cl)C(=O)O)c(C(C)C)cc1N(C)C. The molecule has 1 N–H and O–H groups in total. The number of nitrogens with zero attached hydrogens (tertiary/aromatic N) is 2. The lowest BCUT2D eigenvalue weighted by atomic mass is 9.86. The van der Waals surface area contributed by atoms with E-state index in [0.717, 1.165) is 25.8 Å². The molecule has 1 saturated heterocycles. The van der Waals surface area contributed by atoms with Crippen molar-refractivity contribution in [3.8, 4) is 0 Å². The number of aliphatic carboxylic acids is 1. The first kappa shape index (κ1) is 19.1. The smallest absolute Gasteiger partial charge is 0.336 e. The molecular weight excluding hydrogens is 324 g/mol. The summed E-state index contributed by atoms with van der Waals surface area (Å²) in [7, 11) is 4.11. The summed E-state index contributed by atoms with van der Waals surface area (Å²) in [6, 6.07) is 4.57. The van der Waals surface area contributed by atoms with Crippen LogP contribution in [-0.4, -0.2) is 42.1 Å². The van der Waals surface area contributed by atoms with Gasteiger partial charge in [-0.25, -0.2) is 4.79 Å². The number of piperidine rings is 1. The Morgan fingerprint density at radius 2 is 2.00 bits per heavy atom. The first-order chi connectivity index (χ1) is 11.2. The van der Waals surface area contributed by atoms with Gasteiger partial charge in [-0.3, -0.25) is 4.90 Å². The maximum Gasteiger partial charge on any atom is 0.336 e. The number of anilines is 1. The number of carboxylic acid groups (broad SMARTS) is 1. The molecule has 0 amide bonds. The van der Waals surface area contributed by atoms with Gasteiger partial charge in [-0.05, 0) is 48.4 Å². The van der Waals surface area contributed by atoms with Crippen LogP contribution < -0.4 is 4.90 Å². The van der Waals surface area contributed by atoms with E-state index in [0.29, 0.717) is 5.92 Å². The van der Waals surface area contributed by atoms with Gasteiger partial charge >= 0.3 is 5.97 Å². The second kappa shape index (κ2) is 7.75. The zero-order chi connectivity index (χ0) is 18.0. The molecule has 134 valence electrons. The van der Waals surface area contributed by atoms with Crippen LogP contribution in [0.5, 0.6) is 0 Å². The van der Waals surface area contributed by atoms with Crippen LogP contribution in [-0.2, 0) is 4.79 Å². The van der Waals surface area contributed by atoms with Crippen molar-refractivity contribution in [3.05, 3.63) is 28.8 Å². The largest absolute Gasteiger partial charge is 0.479 e. The highest BCUT2D eigenvalue weighted by Gasteiger charge is 2.34. The number of halogens is 1. The minimum absolute atomic E-state index is 0.0738. The summed E-state index contributed by atoms with van der Waals surface area (Å²) < 4.78 is 0. The predicted molar refractivity (Wildman–Crippen MR) is 100 cm³/mol. The molecule has 1 heterocycles. The number of benzene rings is 1. The third-order valence-corrected chi connectivity index (χ3v) is 5.34. The van der Waals surface area contributed by atoms with E-state index in [1.54, 1.807) is 0 Å². The Morgan fingerprint density at radius 3 is 2.54 bits per heavy atom. The van der Waals surface area contributed by atoms with E-state index < -0.39 is 11.5 Å². The molecule has 4 nitrogen and oxygen atoms in total. The zero-order valence-corrected chi connectivity index (χ0v) is 16.1. The molecule has 0 bridgehead atoms. The summed E-state index contributed by atoms with van der Waals surface area (Å²) in [5, 5.41) is 9.37. The van der Waals surface area contributed by atoms with Crippen molar-refractivity contribution in [2.45, 2.75) is 57.5 Å². The summed E-state index contributed by atoms with van der Waals surface area (Å²) in [5.74, 6) is -0.585. The Balaban J connectivity index is 2.51. The lowest BCUT2D eigenvalue weighted by Gasteiger charge is -2.39. The molecule has 0 radical (unpaired) electrons. The molecule has 0 aromatic heterocycles. The number of likely N-dealkylation sites (tertiary alicyclic amines) is 1. The third-order valence-electron chi connectivity index (χ3n) is 4.90. The van der Waals surface area contributed by atoms with Crippen molar-refractivity contribution in [3.63, 3.8) is 0 Å². The Kier molecular flexibility index (Phi) is 6.16. The van der Waals surface area contributed by atoms with Gasteiger partial charge in [0.15, 0.2) is 5.50 Å². The Hall–Kier alpha value is -1.26. The van der Waals surface area contributed by atoms with Crippen LogP contribution >= 0.6 is 11.6 Å². The van der Waals surface area contributed by atoms with E-state index in [1.165, 1.54) is 22.4 Å². The normalized spacial score (nSPS) is 20.2. The van der Waals surface area contributed by atoms with Crippen LogP contribution in [0.4, 0.5) is 5.69 Å².